The van der Waals surface area contributed by atoms with Gasteiger partial charge in [0.15, 0.2) is 0 Å². The summed E-state index contributed by atoms with van der Waals surface area (Å²) in [4.78, 5) is 13.5. The largest absolute Gasteiger partial charge is 0.366 e. The molecule has 0 bridgehead atoms. The van der Waals surface area contributed by atoms with E-state index >= 15 is 0 Å². The molecule has 2 aliphatic heterocycles. The fourth-order valence-electron chi connectivity index (χ4n) is 2.19. The molecule has 80 valence electrons. The molecule has 2 fully saturated rings. The molecule has 2 rings (SSSR count). The molecule has 0 aromatic rings. The average molecular weight is 198 g/mol. The van der Waals surface area contributed by atoms with E-state index in [1.54, 1.807) is 0 Å². The van der Waals surface area contributed by atoms with E-state index in [0.717, 1.165) is 19.5 Å². The lowest BCUT2D eigenvalue weighted by atomic mass is 9.99. The van der Waals surface area contributed by atoms with Gasteiger partial charge in [0.05, 0.1) is 12.1 Å². The van der Waals surface area contributed by atoms with Gasteiger partial charge in [0.2, 0.25) is 5.91 Å². The number of amides is 1. The Labute approximate surface area is 84.6 Å². The molecule has 1 N–H and O–H groups in total. The minimum atomic E-state index is 0.0249. The SMILES string of the molecule is CC(C)N1CCC2OCC(=O)NC2C1. The molecule has 2 heterocycles. The van der Waals surface area contributed by atoms with Crippen molar-refractivity contribution in [2.24, 2.45) is 0 Å². The first-order valence-electron chi connectivity index (χ1n) is 5.32. The van der Waals surface area contributed by atoms with E-state index in [9.17, 15) is 4.79 Å². The predicted octanol–water partition coefficient (Wildman–Crippen LogP) is -0.0159. The molecule has 4 heteroatoms. The van der Waals surface area contributed by atoms with Crippen LogP contribution >= 0.6 is 0 Å². The Hall–Kier alpha value is -0.610. The van der Waals surface area contributed by atoms with Crippen LogP contribution in [0.2, 0.25) is 0 Å². The lowest BCUT2D eigenvalue weighted by molar-refractivity contribution is -0.140. The first-order chi connectivity index (χ1) is 6.66. The number of carbonyl (C=O) groups is 1. The Kier molecular flexibility index (Phi) is 2.74. The monoisotopic (exact) mass is 198 g/mol. The van der Waals surface area contributed by atoms with Crippen molar-refractivity contribution < 1.29 is 9.53 Å². The first-order valence-corrected chi connectivity index (χ1v) is 5.32. The van der Waals surface area contributed by atoms with E-state index in [4.69, 9.17) is 4.74 Å². The van der Waals surface area contributed by atoms with E-state index in [-0.39, 0.29) is 24.7 Å². The zero-order valence-electron chi connectivity index (χ0n) is 8.82. The van der Waals surface area contributed by atoms with Crippen molar-refractivity contribution in [2.75, 3.05) is 19.7 Å². The number of hydrogen-bond donors (Lipinski definition) is 1. The molecule has 0 aliphatic carbocycles. The zero-order valence-corrected chi connectivity index (χ0v) is 8.82. The Morgan fingerprint density at radius 3 is 3.07 bits per heavy atom. The predicted molar refractivity (Wildman–Crippen MR) is 53.0 cm³/mol. The summed E-state index contributed by atoms with van der Waals surface area (Å²) in [6.45, 7) is 6.61. The van der Waals surface area contributed by atoms with Crippen LogP contribution in [0.4, 0.5) is 0 Å². The fourth-order valence-corrected chi connectivity index (χ4v) is 2.19. The number of fused-ring (bicyclic) bond motifs is 1. The molecule has 0 saturated carbocycles. The number of morpholine rings is 1. The van der Waals surface area contributed by atoms with E-state index in [1.807, 2.05) is 0 Å². The van der Waals surface area contributed by atoms with E-state index in [1.165, 1.54) is 0 Å². The molecule has 4 nitrogen and oxygen atoms in total. The topological polar surface area (TPSA) is 41.6 Å². The minimum Gasteiger partial charge on any atom is -0.366 e. The van der Waals surface area contributed by atoms with Crippen molar-refractivity contribution >= 4 is 5.91 Å². The highest BCUT2D eigenvalue weighted by Crippen LogP contribution is 2.18. The van der Waals surface area contributed by atoms with Crippen LogP contribution in [0, 0.1) is 0 Å². The molecular weight excluding hydrogens is 180 g/mol. The summed E-state index contributed by atoms with van der Waals surface area (Å²) < 4.78 is 5.48. The number of ether oxygens (including phenoxy) is 1. The molecule has 14 heavy (non-hydrogen) atoms. The Morgan fingerprint density at radius 1 is 1.57 bits per heavy atom. The van der Waals surface area contributed by atoms with Gasteiger partial charge in [-0.15, -0.1) is 0 Å². The van der Waals surface area contributed by atoms with Gasteiger partial charge < -0.3 is 10.1 Å². The summed E-state index contributed by atoms with van der Waals surface area (Å²) in [6, 6.07) is 0.752. The summed E-state index contributed by atoms with van der Waals surface area (Å²) in [5, 5.41) is 3.00. The van der Waals surface area contributed by atoms with Gasteiger partial charge in [0.25, 0.3) is 0 Å². The average Bonchev–Trinajstić information content (AvgIpc) is 2.16. The van der Waals surface area contributed by atoms with Crippen molar-refractivity contribution in [3.8, 4) is 0 Å². The van der Waals surface area contributed by atoms with Crippen molar-refractivity contribution in [3.63, 3.8) is 0 Å². The fraction of sp³-hybridized carbons (Fsp3) is 0.900. The van der Waals surface area contributed by atoms with Crippen LogP contribution in [0.25, 0.3) is 0 Å². The molecule has 2 atom stereocenters. The molecule has 0 spiro atoms. The van der Waals surface area contributed by atoms with Crippen LogP contribution in [0.15, 0.2) is 0 Å². The van der Waals surface area contributed by atoms with Crippen LogP contribution in [0.5, 0.6) is 0 Å². The summed E-state index contributed by atoms with van der Waals surface area (Å²) in [6.07, 6.45) is 1.27. The molecule has 1 amide bonds. The normalized spacial score (nSPS) is 34.1. The lowest BCUT2D eigenvalue weighted by Gasteiger charge is -2.42. The second-order valence-corrected chi connectivity index (χ2v) is 4.40. The number of carbonyl (C=O) groups excluding carboxylic acids is 1. The van der Waals surface area contributed by atoms with Crippen LogP contribution in [-0.4, -0.2) is 48.7 Å². The van der Waals surface area contributed by atoms with Crippen molar-refractivity contribution in [1.82, 2.24) is 10.2 Å². The summed E-state index contributed by atoms with van der Waals surface area (Å²) in [7, 11) is 0. The third-order valence-electron chi connectivity index (χ3n) is 3.09. The third kappa shape index (κ3) is 1.91. The number of nitrogens with zero attached hydrogens (tertiary/aromatic N) is 1. The highest BCUT2D eigenvalue weighted by molar-refractivity contribution is 5.78. The number of piperidine rings is 1. The van der Waals surface area contributed by atoms with E-state index in [2.05, 4.69) is 24.1 Å². The Bertz CT molecular complexity index is 230. The second-order valence-electron chi connectivity index (χ2n) is 4.40. The molecule has 2 saturated heterocycles. The van der Waals surface area contributed by atoms with Gasteiger partial charge in [0.1, 0.15) is 6.61 Å². The maximum Gasteiger partial charge on any atom is 0.246 e. The van der Waals surface area contributed by atoms with Crippen LogP contribution in [0.3, 0.4) is 0 Å². The minimum absolute atomic E-state index is 0.0249. The van der Waals surface area contributed by atoms with Gasteiger partial charge in [0, 0.05) is 19.1 Å². The number of likely N-dealkylation sites (tertiary alicyclic amines) is 1. The third-order valence-corrected chi connectivity index (χ3v) is 3.09. The quantitative estimate of drug-likeness (QED) is 0.644. The van der Waals surface area contributed by atoms with E-state index < -0.39 is 0 Å². The van der Waals surface area contributed by atoms with Gasteiger partial charge in [-0.05, 0) is 20.3 Å². The van der Waals surface area contributed by atoms with Gasteiger partial charge in [-0.1, -0.05) is 0 Å². The number of hydrogen-bond acceptors (Lipinski definition) is 3. The molecule has 0 aromatic heterocycles. The molecular formula is C10H18N2O2. The molecule has 0 radical (unpaired) electrons. The maximum absolute atomic E-state index is 11.1. The standard InChI is InChI=1S/C10H18N2O2/c1-7(2)12-4-3-9-8(5-12)11-10(13)6-14-9/h7-9H,3-6H2,1-2H3,(H,11,13). The maximum atomic E-state index is 11.1. The number of nitrogens with one attached hydrogen (secondary N) is 1. The lowest BCUT2D eigenvalue weighted by Crippen LogP contribution is -2.61. The van der Waals surface area contributed by atoms with Crippen LogP contribution in [-0.2, 0) is 9.53 Å². The molecule has 0 aromatic carbocycles. The Morgan fingerprint density at radius 2 is 2.36 bits per heavy atom. The van der Waals surface area contributed by atoms with Crippen molar-refractivity contribution in [1.29, 1.82) is 0 Å². The van der Waals surface area contributed by atoms with Crippen molar-refractivity contribution in [2.45, 2.75) is 38.5 Å². The van der Waals surface area contributed by atoms with Crippen LogP contribution in [0.1, 0.15) is 20.3 Å². The van der Waals surface area contributed by atoms with Gasteiger partial charge >= 0.3 is 0 Å². The van der Waals surface area contributed by atoms with Gasteiger partial charge in [-0.2, -0.15) is 0 Å². The van der Waals surface area contributed by atoms with Crippen molar-refractivity contribution in [3.05, 3.63) is 0 Å². The molecule has 2 unspecified atom stereocenters. The first kappa shape index (κ1) is 9.93. The van der Waals surface area contributed by atoms with E-state index in [0.29, 0.717) is 6.04 Å². The summed E-state index contributed by atoms with van der Waals surface area (Å²) >= 11 is 0. The zero-order chi connectivity index (χ0) is 10.1. The second kappa shape index (κ2) is 3.87. The smallest absolute Gasteiger partial charge is 0.246 e. The van der Waals surface area contributed by atoms with Gasteiger partial charge in [-0.3, -0.25) is 9.69 Å². The molecule has 2 aliphatic rings. The summed E-state index contributed by atoms with van der Waals surface area (Å²) in [5.74, 6) is 0.0249. The van der Waals surface area contributed by atoms with Gasteiger partial charge in [-0.25, -0.2) is 0 Å². The number of rotatable bonds is 1. The highest BCUT2D eigenvalue weighted by Gasteiger charge is 2.35. The Balaban J connectivity index is 1.96. The highest BCUT2D eigenvalue weighted by atomic mass is 16.5. The van der Waals surface area contributed by atoms with Crippen LogP contribution < -0.4 is 5.32 Å². The summed E-state index contributed by atoms with van der Waals surface area (Å²) in [5.41, 5.74) is 0.